The monoisotopic (exact) mass is 449 g/mol. The molecule has 0 N–H and O–H groups in total. The van der Waals surface area contributed by atoms with Crippen molar-refractivity contribution in [2.45, 2.75) is 10.3 Å². The lowest BCUT2D eigenvalue weighted by Crippen LogP contribution is -2.24. The second-order valence-corrected chi connectivity index (χ2v) is 9.05. The number of hydrogen-bond donors (Lipinski definition) is 0. The molecule has 1 atom stereocenters. The van der Waals surface area contributed by atoms with Crippen molar-refractivity contribution in [3.8, 4) is 0 Å². The number of sulfone groups is 1. The lowest BCUT2D eigenvalue weighted by atomic mass is 10.1. The van der Waals surface area contributed by atoms with Crippen molar-refractivity contribution < 1.29 is 13.3 Å². The van der Waals surface area contributed by atoms with E-state index in [4.69, 9.17) is 0 Å². The SMILES string of the molecule is Cn1nc2ccc([N+](=O)[O-])c(C(n3nnc4ccccc43)S(=O)(=O)c3ccccc3)c2n1. The lowest BCUT2D eigenvalue weighted by Gasteiger charge is -2.19. The molecule has 0 saturated carbocycles. The van der Waals surface area contributed by atoms with Gasteiger partial charge in [0.05, 0.1) is 20.9 Å². The number of rotatable bonds is 5. The van der Waals surface area contributed by atoms with E-state index in [1.54, 1.807) is 49.5 Å². The van der Waals surface area contributed by atoms with Gasteiger partial charge in [-0.1, -0.05) is 35.5 Å². The van der Waals surface area contributed by atoms with Crippen LogP contribution in [0, 0.1) is 10.1 Å². The second-order valence-electron chi connectivity index (χ2n) is 7.05. The van der Waals surface area contributed by atoms with Gasteiger partial charge in [0.25, 0.3) is 5.69 Å². The molecule has 12 heteroatoms. The third-order valence-corrected chi connectivity index (χ3v) is 7.03. The van der Waals surface area contributed by atoms with E-state index in [1.165, 1.54) is 33.7 Å². The number of aromatic nitrogens is 6. The van der Waals surface area contributed by atoms with Gasteiger partial charge in [0, 0.05) is 13.1 Å². The van der Waals surface area contributed by atoms with Gasteiger partial charge in [-0.25, -0.2) is 13.1 Å². The Morgan fingerprint density at radius 3 is 2.41 bits per heavy atom. The van der Waals surface area contributed by atoms with E-state index < -0.39 is 25.8 Å². The highest BCUT2D eigenvalue weighted by molar-refractivity contribution is 7.91. The van der Waals surface area contributed by atoms with Crippen LogP contribution in [0.2, 0.25) is 0 Å². The smallest absolute Gasteiger partial charge is 0.258 e. The van der Waals surface area contributed by atoms with E-state index in [0.717, 1.165) is 0 Å². The summed E-state index contributed by atoms with van der Waals surface area (Å²) in [6, 6.07) is 17.2. The average Bonchev–Trinajstić information content (AvgIpc) is 3.37. The molecule has 0 fully saturated rings. The van der Waals surface area contributed by atoms with Crippen LogP contribution in [-0.2, 0) is 16.9 Å². The van der Waals surface area contributed by atoms with E-state index in [-0.39, 0.29) is 16.0 Å². The maximum absolute atomic E-state index is 13.9. The Morgan fingerprint density at radius 1 is 0.938 bits per heavy atom. The largest absolute Gasteiger partial charge is 0.278 e. The molecule has 0 saturated heterocycles. The van der Waals surface area contributed by atoms with Crippen LogP contribution in [0.3, 0.4) is 0 Å². The molecule has 0 aliphatic carbocycles. The maximum atomic E-state index is 13.9. The predicted molar refractivity (Wildman–Crippen MR) is 114 cm³/mol. The van der Waals surface area contributed by atoms with Gasteiger partial charge < -0.3 is 0 Å². The summed E-state index contributed by atoms with van der Waals surface area (Å²) in [5.74, 6) is 0. The van der Waals surface area contributed by atoms with Gasteiger partial charge >= 0.3 is 0 Å². The molecular weight excluding hydrogens is 434 g/mol. The lowest BCUT2D eigenvalue weighted by molar-refractivity contribution is -0.385. The van der Waals surface area contributed by atoms with Crippen molar-refractivity contribution in [2.75, 3.05) is 0 Å². The average molecular weight is 449 g/mol. The summed E-state index contributed by atoms with van der Waals surface area (Å²) in [6.07, 6.45) is 0. The summed E-state index contributed by atoms with van der Waals surface area (Å²) in [5.41, 5.74) is 0.765. The number of aryl methyl sites for hydroxylation is 1. The molecule has 1 unspecified atom stereocenters. The topological polar surface area (TPSA) is 139 Å². The number of nitro benzene ring substituents is 1. The fraction of sp³-hybridized carbons (Fsp3) is 0.100. The van der Waals surface area contributed by atoms with Crippen LogP contribution in [0.25, 0.3) is 22.1 Å². The molecule has 0 spiro atoms. The summed E-state index contributed by atoms with van der Waals surface area (Å²) < 4.78 is 29.1. The van der Waals surface area contributed by atoms with Crippen molar-refractivity contribution >= 4 is 37.6 Å². The Bertz CT molecular complexity index is 1590. The number of benzene rings is 3. The van der Waals surface area contributed by atoms with Gasteiger partial charge in [0.1, 0.15) is 16.6 Å². The van der Waals surface area contributed by atoms with Gasteiger partial charge in [-0.2, -0.15) is 15.0 Å². The number of nitro groups is 1. The molecule has 2 heterocycles. The fourth-order valence-electron chi connectivity index (χ4n) is 3.71. The van der Waals surface area contributed by atoms with Crippen LogP contribution >= 0.6 is 0 Å². The zero-order chi connectivity index (χ0) is 22.5. The molecule has 5 aromatic rings. The minimum atomic E-state index is -4.23. The summed E-state index contributed by atoms with van der Waals surface area (Å²) in [5, 5.41) is 27.0. The molecule has 0 aliphatic rings. The van der Waals surface area contributed by atoms with Crippen molar-refractivity contribution in [3.63, 3.8) is 0 Å². The third kappa shape index (κ3) is 3.00. The van der Waals surface area contributed by atoms with E-state index in [1.807, 2.05) is 0 Å². The van der Waals surface area contributed by atoms with Gasteiger partial charge in [-0.05, 0) is 30.3 Å². The molecule has 32 heavy (non-hydrogen) atoms. The molecule has 0 bridgehead atoms. The summed E-state index contributed by atoms with van der Waals surface area (Å²) in [7, 11) is -2.67. The Hall–Kier alpha value is -4.19. The van der Waals surface area contributed by atoms with E-state index in [2.05, 4.69) is 20.5 Å². The molecule has 0 radical (unpaired) electrons. The first-order chi connectivity index (χ1) is 15.4. The maximum Gasteiger partial charge on any atom is 0.278 e. The van der Waals surface area contributed by atoms with Crippen molar-refractivity contribution in [2.24, 2.45) is 7.05 Å². The third-order valence-electron chi connectivity index (χ3n) is 5.08. The first kappa shape index (κ1) is 19.8. The van der Waals surface area contributed by atoms with Crippen LogP contribution < -0.4 is 0 Å². The van der Waals surface area contributed by atoms with Crippen LogP contribution in [-0.4, -0.2) is 43.3 Å². The fourth-order valence-corrected chi connectivity index (χ4v) is 5.46. The van der Waals surface area contributed by atoms with Crippen molar-refractivity contribution in [1.82, 2.24) is 30.0 Å². The van der Waals surface area contributed by atoms with Crippen LogP contribution in [0.15, 0.2) is 71.6 Å². The van der Waals surface area contributed by atoms with Crippen LogP contribution in [0.1, 0.15) is 10.9 Å². The van der Waals surface area contributed by atoms with Crippen LogP contribution in [0.4, 0.5) is 5.69 Å². The normalized spacial score (nSPS) is 12.9. The number of fused-ring (bicyclic) bond motifs is 2. The molecule has 0 aliphatic heterocycles. The van der Waals surface area contributed by atoms with Crippen molar-refractivity contribution in [3.05, 3.63) is 82.4 Å². The Kier molecular flexibility index (Phi) is 4.44. The van der Waals surface area contributed by atoms with Gasteiger partial charge in [0.15, 0.2) is 5.37 Å². The molecule has 5 rings (SSSR count). The predicted octanol–water partition coefficient (Wildman–Crippen LogP) is 2.64. The van der Waals surface area contributed by atoms with E-state index >= 15 is 0 Å². The number of nitrogens with zero attached hydrogens (tertiary/aromatic N) is 7. The quantitative estimate of drug-likeness (QED) is 0.295. The minimum absolute atomic E-state index is 0.0141. The molecule has 11 nitrogen and oxygen atoms in total. The van der Waals surface area contributed by atoms with Gasteiger partial charge in [0.2, 0.25) is 9.84 Å². The Labute approximate surface area is 181 Å². The van der Waals surface area contributed by atoms with E-state index in [0.29, 0.717) is 16.6 Å². The summed E-state index contributed by atoms with van der Waals surface area (Å²) in [4.78, 5) is 12.6. The molecule has 0 amide bonds. The zero-order valence-corrected chi connectivity index (χ0v) is 17.4. The summed E-state index contributed by atoms with van der Waals surface area (Å²) >= 11 is 0. The van der Waals surface area contributed by atoms with E-state index in [9.17, 15) is 18.5 Å². The highest BCUT2D eigenvalue weighted by Crippen LogP contribution is 2.40. The number of hydrogen-bond acceptors (Lipinski definition) is 8. The second kappa shape index (κ2) is 7.20. The minimum Gasteiger partial charge on any atom is -0.258 e. The van der Waals surface area contributed by atoms with Gasteiger partial charge in [-0.3, -0.25) is 10.1 Å². The molecule has 160 valence electrons. The summed E-state index contributed by atoms with van der Waals surface area (Å²) in [6.45, 7) is 0. The molecule has 2 aromatic heterocycles. The van der Waals surface area contributed by atoms with Crippen molar-refractivity contribution in [1.29, 1.82) is 0 Å². The highest BCUT2D eigenvalue weighted by Gasteiger charge is 2.40. The molecule has 3 aromatic carbocycles. The van der Waals surface area contributed by atoms with Crippen LogP contribution in [0.5, 0.6) is 0 Å². The standard InChI is InChI=1S/C20H15N7O4S/c1-25-22-15-11-12-17(27(28)29)18(19(15)23-25)20(32(30,31)13-7-3-2-4-8-13)26-16-10-6-5-9-14(16)21-24-26/h2-12,20H,1H3. The van der Waals surface area contributed by atoms with Gasteiger partial charge in [-0.15, -0.1) is 5.10 Å². The Morgan fingerprint density at radius 2 is 1.66 bits per heavy atom. The first-order valence-corrected chi connectivity index (χ1v) is 11.0. The highest BCUT2D eigenvalue weighted by atomic mass is 32.2. The number of para-hydroxylation sites is 1. The zero-order valence-electron chi connectivity index (χ0n) is 16.6. The first-order valence-electron chi connectivity index (χ1n) is 9.45. The molecular formula is C20H15N7O4S. The Balaban J connectivity index is 1.93.